The minimum absolute atomic E-state index is 0.0519. The maximum atomic E-state index is 11.7. The molecule has 0 aromatic heterocycles. The van der Waals surface area contributed by atoms with E-state index < -0.39 is 0 Å². The first-order valence-electron chi connectivity index (χ1n) is 6.08. The monoisotopic (exact) mass is 224 g/mol. The second kappa shape index (κ2) is 5.92. The second-order valence-electron chi connectivity index (χ2n) is 4.89. The number of rotatable bonds is 0. The summed E-state index contributed by atoms with van der Waals surface area (Å²) in [5.41, 5.74) is 0. The minimum atomic E-state index is -0.221. The predicted octanol–water partition coefficient (Wildman–Crippen LogP) is 2.32. The summed E-state index contributed by atoms with van der Waals surface area (Å²) in [6.45, 7) is 3.60. The fourth-order valence-corrected chi connectivity index (χ4v) is 2.04. The average molecular weight is 224 g/mol. The number of hydrogen-bond donors (Lipinski definition) is 0. The predicted molar refractivity (Wildman–Crippen MR) is 61.1 cm³/mol. The lowest BCUT2D eigenvalue weighted by Crippen LogP contribution is -2.20. The van der Waals surface area contributed by atoms with Crippen LogP contribution in [-0.2, 0) is 14.4 Å². The first-order valence-corrected chi connectivity index (χ1v) is 6.08. The van der Waals surface area contributed by atoms with Crippen molar-refractivity contribution in [3.8, 4) is 0 Å². The molecule has 0 aromatic carbocycles. The van der Waals surface area contributed by atoms with E-state index >= 15 is 0 Å². The van der Waals surface area contributed by atoms with Crippen LogP contribution in [0.1, 0.15) is 52.4 Å². The van der Waals surface area contributed by atoms with Gasteiger partial charge in [0, 0.05) is 37.5 Å². The third kappa shape index (κ3) is 3.87. The van der Waals surface area contributed by atoms with E-state index in [1.165, 1.54) is 0 Å². The van der Waals surface area contributed by atoms with Crippen molar-refractivity contribution in [1.29, 1.82) is 0 Å². The molecule has 90 valence electrons. The van der Waals surface area contributed by atoms with Gasteiger partial charge in [-0.05, 0) is 12.8 Å². The SMILES string of the molecule is CC1CC(=O)CCCCC(=O)C(C)CC1=O. The van der Waals surface area contributed by atoms with E-state index in [0.717, 1.165) is 12.8 Å². The zero-order chi connectivity index (χ0) is 12.1. The fraction of sp³-hybridized carbons (Fsp3) is 0.769. The van der Waals surface area contributed by atoms with Gasteiger partial charge in [-0.3, -0.25) is 14.4 Å². The lowest BCUT2D eigenvalue weighted by Gasteiger charge is -2.12. The highest BCUT2D eigenvalue weighted by Crippen LogP contribution is 2.18. The van der Waals surface area contributed by atoms with Gasteiger partial charge in [-0.25, -0.2) is 0 Å². The summed E-state index contributed by atoms with van der Waals surface area (Å²) in [6, 6.07) is 0. The summed E-state index contributed by atoms with van der Waals surface area (Å²) < 4.78 is 0. The molecule has 0 heterocycles. The Hall–Kier alpha value is -0.990. The number of carbonyl (C=O) groups excluding carboxylic acids is 3. The largest absolute Gasteiger partial charge is 0.300 e. The molecular formula is C13H20O3. The van der Waals surface area contributed by atoms with E-state index in [-0.39, 0.29) is 29.2 Å². The number of ketones is 3. The second-order valence-corrected chi connectivity index (χ2v) is 4.89. The van der Waals surface area contributed by atoms with E-state index in [4.69, 9.17) is 0 Å². The molecule has 0 spiro atoms. The molecule has 2 unspecified atom stereocenters. The zero-order valence-electron chi connectivity index (χ0n) is 10.1. The Morgan fingerprint density at radius 3 is 2.06 bits per heavy atom. The quantitative estimate of drug-likeness (QED) is 0.634. The third-order valence-electron chi connectivity index (χ3n) is 3.27. The summed E-state index contributed by atoms with van der Waals surface area (Å²) in [5.74, 6) is -0.0298. The van der Waals surface area contributed by atoms with Gasteiger partial charge in [0.2, 0.25) is 0 Å². The van der Waals surface area contributed by atoms with E-state index in [1.54, 1.807) is 6.92 Å². The molecule has 2 atom stereocenters. The molecule has 0 amide bonds. The van der Waals surface area contributed by atoms with E-state index in [2.05, 4.69) is 0 Å². The molecule has 1 fully saturated rings. The molecule has 0 saturated heterocycles. The van der Waals surface area contributed by atoms with Crippen LogP contribution in [0.25, 0.3) is 0 Å². The Kier molecular flexibility index (Phi) is 4.84. The van der Waals surface area contributed by atoms with Gasteiger partial charge >= 0.3 is 0 Å². The molecule has 16 heavy (non-hydrogen) atoms. The van der Waals surface area contributed by atoms with Crippen molar-refractivity contribution in [3.63, 3.8) is 0 Å². The van der Waals surface area contributed by atoms with Crippen LogP contribution in [0.3, 0.4) is 0 Å². The maximum absolute atomic E-state index is 11.7. The van der Waals surface area contributed by atoms with Crippen LogP contribution in [0.4, 0.5) is 0 Å². The van der Waals surface area contributed by atoms with E-state index in [1.807, 2.05) is 6.92 Å². The zero-order valence-corrected chi connectivity index (χ0v) is 10.1. The van der Waals surface area contributed by atoms with Crippen molar-refractivity contribution in [2.45, 2.75) is 52.4 Å². The van der Waals surface area contributed by atoms with Crippen molar-refractivity contribution >= 4 is 17.3 Å². The molecule has 0 bridgehead atoms. The van der Waals surface area contributed by atoms with Crippen molar-refractivity contribution in [2.75, 3.05) is 0 Å². The molecule has 0 N–H and O–H groups in total. The van der Waals surface area contributed by atoms with E-state index in [9.17, 15) is 14.4 Å². The van der Waals surface area contributed by atoms with E-state index in [0.29, 0.717) is 25.7 Å². The summed E-state index contributed by atoms with van der Waals surface area (Å²) in [4.78, 5) is 34.9. The van der Waals surface area contributed by atoms with Crippen molar-refractivity contribution in [1.82, 2.24) is 0 Å². The topological polar surface area (TPSA) is 51.2 Å². The van der Waals surface area contributed by atoms with Crippen molar-refractivity contribution in [2.24, 2.45) is 11.8 Å². The molecule has 0 radical (unpaired) electrons. The van der Waals surface area contributed by atoms with Gasteiger partial charge < -0.3 is 0 Å². The molecule has 1 saturated carbocycles. The smallest absolute Gasteiger partial charge is 0.136 e. The third-order valence-corrected chi connectivity index (χ3v) is 3.27. The Bertz CT molecular complexity index is 294. The van der Waals surface area contributed by atoms with Gasteiger partial charge in [-0.1, -0.05) is 13.8 Å². The Morgan fingerprint density at radius 2 is 1.38 bits per heavy atom. The Labute approximate surface area is 96.6 Å². The first kappa shape index (κ1) is 13.1. The summed E-state index contributed by atoms with van der Waals surface area (Å²) in [6.07, 6.45) is 3.22. The maximum Gasteiger partial charge on any atom is 0.136 e. The van der Waals surface area contributed by atoms with Crippen LogP contribution in [0.2, 0.25) is 0 Å². The lowest BCUT2D eigenvalue weighted by molar-refractivity contribution is -0.130. The average Bonchev–Trinajstić information content (AvgIpc) is 2.23. The molecule has 1 aliphatic carbocycles. The number of Topliss-reactive ketones (excluding diaryl/α,β-unsaturated/α-hetero) is 3. The van der Waals surface area contributed by atoms with Gasteiger partial charge in [0.15, 0.2) is 0 Å². The van der Waals surface area contributed by atoms with Crippen molar-refractivity contribution < 1.29 is 14.4 Å². The van der Waals surface area contributed by atoms with Crippen LogP contribution in [0.15, 0.2) is 0 Å². The van der Waals surface area contributed by atoms with Gasteiger partial charge in [0.25, 0.3) is 0 Å². The van der Waals surface area contributed by atoms with Gasteiger partial charge in [-0.2, -0.15) is 0 Å². The molecule has 0 aromatic rings. The van der Waals surface area contributed by atoms with Gasteiger partial charge in [0.1, 0.15) is 17.3 Å². The molecular weight excluding hydrogens is 204 g/mol. The van der Waals surface area contributed by atoms with Crippen LogP contribution in [0, 0.1) is 11.8 Å². The van der Waals surface area contributed by atoms with Crippen LogP contribution in [0.5, 0.6) is 0 Å². The fourth-order valence-electron chi connectivity index (χ4n) is 2.04. The van der Waals surface area contributed by atoms with Crippen LogP contribution >= 0.6 is 0 Å². The standard InChI is InChI=1S/C13H20O3/c1-9-7-11(14)5-3-4-6-12(15)10(2)8-13(9)16/h9-10H,3-8H2,1-2H3. The molecule has 3 nitrogen and oxygen atoms in total. The minimum Gasteiger partial charge on any atom is -0.300 e. The van der Waals surface area contributed by atoms with Crippen LogP contribution < -0.4 is 0 Å². The summed E-state index contributed by atoms with van der Waals surface area (Å²) in [5, 5.41) is 0. The number of carbonyl (C=O) groups is 3. The highest BCUT2D eigenvalue weighted by Gasteiger charge is 2.23. The van der Waals surface area contributed by atoms with Gasteiger partial charge in [0.05, 0.1) is 0 Å². The highest BCUT2D eigenvalue weighted by molar-refractivity contribution is 5.91. The molecule has 1 rings (SSSR count). The van der Waals surface area contributed by atoms with Crippen LogP contribution in [-0.4, -0.2) is 17.3 Å². The summed E-state index contributed by atoms with van der Waals surface area (Å²) >= 11 is 0. The van der Waals surface area contributed by atoms with Crippen molar-refractivity contribution in [3.05, 3.63) is 0 Å². The first-order chi connectivity index (χ1) is 7.50. The Morgan fingerprint density at radius 1 is 0.812 bits per heavy atom. The highest BCUT2D eigenvalue weighted by atomic mass is 16.1. The lowest BCUT2D eigenvalue weighted by atomic mass is 9.90. The number of hydrogen-bond acceptors (Lipinski definition) is 3. The molecule has 1 aliphatic rings. The summed E-state index contributed by atoms with van der Waals surface area (Å²) in [7, 11) is 0. The van der Waals surface area contributed by atoms with Gasteiger partial charge in [-0.15, -0.1) is 0 Å². The molecule has 3 heteroatoms. The molecule has 0 aliphatic heterocycles. The normalized spacial score (nSPS) is 30.0. The Balaban J connectivity index is 2.68.